The summed E-state index contributed by atoms with van der Waals surface area (Å²) >= 11 is 0. The molecule has 4 rings (SSSR count). The van der Waals surface area contributed by atoms with Crippen LogP contribution < -0.4 is 4.74 Å². The van der Waals surface area contributed by atoms with Crippen LogP contribution in [0.15, 0.2) is 48.8 Å². The fourth-order valence-corrected chi connectivity index (χ4v) is 5.84. The number of alkyl halides is 1. The lowest BCUT2D eigenvalue weighted by Gasteiger charge is -2.39. The minimum Gasteiger partial charge on any atom is -0.497 e. The standard InChI is InChI=1S/C30H40FN3O3/c1-33-17-5-7-24(33)6-3-4-18-34-19-15-22(23(21-34)9-13-30(35)36)8-11-28(31)26-14-16-32-29-12-10-25(37-2)20-27(26)29/h5,7,10,12,14,16-17,20,22-23,28H,3-4,6,8-9,11,13,15,18-19,21H2,1-2H3,(H,35,36)/t22-,23-,28-/m1/s1. The molecular formula is C30H40FN3O3. The van der Waals surface area contributed by atoms with Crippen molar-refractivity contribution in [3.8, 4) is 5.75 Å². The van der Waals surface area contributed by atoms with E-state index in [0.717, 1.165) is 62.6 Å². The number of ether oxygens (including phenoxy) is 1. The lowest BCUT2D eigenvalue weighted by Crippen LogP contribution is -2.41. The number of methoxy groups -OCH3 is 1. The van der Waals surface area contributed by atoms with Gasteiger partial charge in [-0.2, -0.15) is 0 Å². The summed E-state index contributed by atoms with van der Waals surface area (Å²) in [5.74, 6) is 0.580. The van der Waals surface area contributed by atoms with Crippen LogP contribution in [-0.4, -0.2) is 52.3 Å². The van der Waals surface area contributed by atoms with Crippen LogP contribution in [0.5, 0.6) is 5.75 Å². The van der Waals surface area contributed by atoms with Gasteiger partial charge in [-0.3, -0.25) is 9.78 Å². The highest BCUT2D eigenvalue weighted by atomic mass is 19.1. The maximum absolute atomic E-state index is 15.5. The number of carboxylic acids is 1. The largest absolute Gasteiger partial charge is 0.497 e. The van der Waals surface area contributed by atoms with Gasteiger partial charge in [0.15, 0.2) is 0 Å². The van der Waals surface area contributed by atoms with E-state index in [2.05, 4.69) is 39.8 Å². The molecule has 1 aliphatic heterocycles. The number of aryl methyl sites for hydroxylation is 2. The number of aliphatic carboxylic acids is 1. The Kier molecular flexibility index (Phi) is 9.56. The van der Waals surface area contributed by atoms with Gasteiger partial charge < -0.3 is 19.3 Å². The van der Waals surface area contributed by atoms with Crippen LogP contribution in [0.4, 0.5) is 4.39 Å². The number of fused-ring (bicyclic) bond motifs is 1. The Labute approximate surface area is 219 Å². The topological polar surface area (TPSA) is 67.6 Å². The van der Waals surface area contributed by atoms with Crippen LogP contribution in [0, 0.1) is 11.8 Å². The Balaban J connectivity index is 1.32. The van der Waals surface area contributed by atoms with Crippen LogP contribution in [0.3, 0.4) is 0 Å². The average molecular weight is 510 g/mol. The lowest BCUT2D eigenvalue weighted by molar-refractivity contribution is -0.137. The number of aromatic nitrogens is 2. The molecule has 0 spiro atoms. The van der Waals surface area contributed by atoms with E-state index in [-0.39, 0.29) is 6.42 Å². The Hall–Kier alpha value is -2.93. The van der Waals surface area contributed by atoms with Gasteiger partial charge in [-0.25, -0.2) is 4.39 Å². The second-order valence-electron chi connectivity index (χ2n) is 10.4. The molecule has 0 aliphatic carbocycles. The first kappa shape index (κ1) is 27.1. The zero-order valence-corrected chi connectivity index (χ0v) is 22.1. The van der Waals surface area contributed by atoms with Crippen molar-refractivity contribution in [2.75, 3.05) is 26.7 Å². The third-order valence-corrected chi connectivity index (χ3v) is 8.02. The van der Waals surface area contributed by atoms with Crippen LogP contribution >= 0.6 is 0 Å². The Morgan fingerprint density at radius 2 is 2.08 bits per heavy atom. The van der Waals surface area contributed by atoms with Gasteiger partial charge in [-0.05, 0) is 112 Å². The van der Waals surface area contributed by atoms with Crippen LogP contribution in [0.1, 0.15) is 62.4 Å². The number of carbonyl (C=O) groups is 1. The molecule has 200 valence electrons. The van der Waals surface area contributed by atoms with Gasteiger partial charge in [0, 0.05) is 43.5 Å². The van der Waals surface area contributed by atoms with Crippen molar-refractivity contribution >= 4 is 16.9 Å². The van der Waals surface area contributed by atoms with E-state index in [9.17, 15) is 9.90 Å². The number of piperidine rings is 1. The van der Waals surface area contributed by atoms with Crippen molar-refractivity contribution in [3.63, 3.8) is 0 Å². The number of nitrogens with zero attached hydrogens (tertiary/aromatic N) is 3. The van der Waals surface area contributed by atoms with E-state index in [1.807, 2.05) is 18.2 Å². The first-order valence-electron chi connectivity index (χ1n) is 13.6. The first-order chi connectivity index (χ1) is 17.9. The Bertz CT molecular complexity index is 1160. The van der Waals surface area contributed by atoms with Crippen molar-refractivity contribution < 1.29 is 19.0 Å². The van der Waals surface area contributed by atoms with E-state index < -0.39 is 12.1 Å². The summed E-state index contributed by atoms with van der Waals surface area (Å²) in [6.45, 7) is 2.95. The predicted molar refractivity (Wildman–Crippen MR) is 145 cm³/mol. The fraction of sp³-hybridized carbons (Fsp3) is 0.533. The predicted octanol–water partition coefficient (Wildman–Crippen LogP) is 6.20. The van der Waals surface area contributed by atoms with Crippen LogP contribution in [0.2, 0.25) is 0 Å². The number of benzene rings is 1. The number of pyridine rings is 1. The summed E-state index contributed by atoms with van der Waals surface area (Å²) in [6, 6.07) is 11.6. The van der Waals surface area contributed by atoms with E-state index in [1.54, 1.807) is 19.4 Å². The number of hydrogen-bond acceptors (Lipinski definition) is 4. The summed E-state index contributed by atoms with van der Waals surface area (Å²) in [5.41, 5.74) is 2.78. The number of likely N-dealkylation sites (tertiary alicyclic amines) is 1. The van der Waals surface area contributed by atoms with E-state index in [0.29, 0.717) is 36.0 Å². The van der Waals surface area contributed by atoms with Gasteiger partial charge in [0.1, 0.15) is 11.9 Å². The van der Waals surface area contributed by atoms with Crippen molar-refractivity contribution in [2.45, 2.75) is 57.5 Å². The number of hydrogen-bond donors (Lipinski definition) is 1. The van der Waals surface area contributed by atoms with E-state index in [4.69, 9.17) is 4.74 Å². The van der Waals surface area contributed by atoms with E-state index >= 15 is 4.39 Å². The third-order valence-electron chi connectivity index (χ3n) is 8.02. The number of rotatable bonds is 13. The highest BCUT2D eigenvalue weighted by molar-refractivity contribution is 5.83. The number of halogens is 1. The quantitative estimate of drug-likeness (QED) is 0.278. The molecule has 3 atom stereocenters. The highest BCUT2D eigenvalue weighted by Gasteiger charge is 2.30. The molecule has 7 heteroatoms. The molecule has 0 bridgehead atoms. The maximum atomic E-state index is 15.5. The summed E-state index contributed by atoms with van der Waals surface area (Å²) in [6.07, 6.45) is 9.05. The Morgan fingerprint density at radius 1 is 1.22 bits per heavy atom. The molecule has 0 amide bonds. The molecule has 1 aromatic carbocycles. The number of unbranched alkanes of at least 4 members (excludes halogenated alkanes) is 1. The second-order valence-corrected chi connectivity index (χ2v) is 10.4. The maximum Gasteiger partial charge on any atom is 0.303 e. The fourth-order valence-electron chi connectivity index (χ4n) is 5.84. The average Bonchev–Trinajstić information content (AvgIpc) is 3.32. The van der Waals surface area contributed by atoms with Gasteiger partial charge in [-0.15, -0.1) is 0 Å². The SMILES string of the molecule is COc1ccc2nccc([C@H](F)CC[C@@H]3CCN(CCCCc4cccn4C)C[C@H]3CCC(=O)O)c2c1. The van der Waals surface area contributed by atoms with Gasteiger partial charge in [-0.1, -0.05) is 0 Å². The molecule has 3 heterocycles. The monoisotopic (exact) mass is 509 g/mol. The molecule has 1 N–H and O–H groups in total. The molecule has 0 radical (unpaired) electrons. The minimum absolute atomic E-state index is 0.177. The summed E-state index contributed by atoms with van der Waals surface area (Å²) in [4.78, 5) is 18.2. The van der Waals surface area contributed by atoms with Crippen molar-refractivity contribution in [1.29, 1.82) is 0 Å². The van der Waals surface area contributed by atoms with E-state index in [1.165, 1.54) is 5.69 Å². The Morgan fingerprint density at radius 3 is 2.84 bits per heavy atom. The zero-order valence-electron chi connectivity index (χ0n) is 22.1. The molecule has 0 unspecified atom stereocenters. The molecule has 37 heavy (non-hydrogen) atoms. The molecule has 1 fully saturated rings. The smallest absolute Gasteiger partial charge is 0.303 e. The van der Waals surface area contributed by atoms with Crippen LogP contribution in [-0.2, 0) is 18.3 Å². The van der Waals surface area contributed by atoms with Gasteiger partial charge >= 0.3 is 5.97 Å². The van der Waals surface area contributed by atoms with Gasteiger partial charge in [0.25, 0.3) is 0 Å². The first-order valence-corrected chi connectivity index (χ1v) is 13.6. The molecule has 0 saturated carbocycles. The summed E-state index contributed by atoms with van der Waals surface area (Å²) in [5, 5.41) is 10.1. The van der Waals surface area contributed by atoms with Crippen molar-refractivity contribution in [3.05, 3.63) is 60.0 Å². The lowest BCUT2D eigenvalue weighted by atomic mass is 9.79. The molecule has 1 saturated heterocycles. The molecule has 6 nitrogen and oxygen atoms in total. The van der Waals surface area contributed by atoms with Crippen LogP contribution in [0.25, 0.3) is 10.9 Å². The van der Waals surface area contributed by atoms with Gasteiger partial charge in [0.05, 0.1) is 12.6 Å². The normalized spacial score (nSPS) is 19.2. The summed E-state index contributed by atoms with van der Waals surface area (Å²) in [7, 11) is 3.69. The highest BCUT2D eigenvalue weighted by Crippen LogP contribution is 2.36. The second kappa shape index (κ2) is 13.0. The third kappa shape index (κ3) is 7.31. The van der Waals surface area contributed by atoms with Crippen molar-refractivity contribution in [1.82, 2.24) is 14.5 Å². The zero-order chi connectivity index (χ0) is 26.2. The van der Waals surface area contributed by atoms with Crippen molar-refractivity contribution in [2.24, 2.45) is 18.9 Å². The minimum atomic E-state index is -1.09. The molecular weight excluding hydrogens is 469 g/mol. The molecule has 3 aromatic rings. The molecule has 2 aromatic heterocycles. The summed E-state index contributed by atoms with van der Waals surface area (Å²) < 4.78 is 23.1. The molecule has 1 aliphatic rings. The number of carboxylic acid groups (broad SMARTS) is 1. The van der Waals surface area contributed by atoms with Gasteiger partial charge in [0.2, 0.25) is 0 Å².